The predicted octanol–water partition coefficient (Wildman–Crippen LogP) is 4.77. The first kappa shape index (κ1) is 20.7. The Bertz CT molecular complexity index is 773. The largest absolute Gasteiger partial charge is 0.497 e. The van der Waals surface area contributed by atoms with E-state index in [1.807, 2.05) is 60.3 Å². The van der Waals surface area contributed by atoms with Crippen LogP contribution >= 0.6 is 11.8 Å². The van der Waals surface area contributed by atoms with Crippen molar-refractivity contribution in [2.75, 3.05) is 44.1 Å². The number of nitrogens with zero attached hydrogens (tertiary/aromatic N) is 1. The summed E-state index contributed by atoms with van der Waals surface area (Å²) in [5.74, 6) is 2.25. The summed E-state index contributed by atoms with van der Waals surface area (Å²) in [5, 5.41) is 3.18. The quantitative estimate of drug-likeness (QED) is 0.651. The molecule has 0 atom stereocenters. The number of methoxy groups -OCH3 is 1. The number of hydrogen-bond acceptors (Lipinski definition) is 4. The Labute approximate surface area is 172 Å². The topological polar surface area (TPSA) is 41.6 Å². The number of amides is 1. The van der Waals surface area contributed by atoms with Gasteiger partial charge in [-0.3, -0.25) is 4.79 Å². The van der Waals surface area contributed by atoms with Crippen LogP contribution in [0.5, 0.6) is 5.75 Å². The highest BCUT2D eigenvalue weighted by molar-refractivity contribution is 7.98. The van der Waals surface area contributed by atoms with Crippen molar-refractivity contribution in [1.29, 1.82) is 0 Å². The molecule has 0 bridgehead atoms. The van der Waals surface area contributed by atoms with Crippen LogP contribution in [-0.2, 0) is 4.79 Å². The molecule has 1 heterocycles. The lowest BCUT2D eigenvalue weighted by molar-refractivity contribution is -0.121. The third-order valence-corrected chi connectivity index (χ3v) is 6.04. The van der Waals surface area contributed by atoms with Gasteiger partial charge in [-0.05, 0) is 74.7 Å². The highest BCUT2D eigenvalue weighted by Gasteiger charge is 2.25. The first-order chi connectivity index (χ1) is 13.7. The molecule has 2 aromatic carbocycles. The van der Waals surface area contributed by atoms with Crippen LogP contribution in [0.3, 0.4) is 0 Å². The Hall–Kier alpha value is -1.98. The highest BCUT2D eigenvalue weighted by Crippen LogP contribution is 2.31. The van der Waals surface area contributed by atoms with E-state index in [9.17, 15) is 4.79 Å². The molecule has 0 aliphatic carbocycles. The lowest BCUT2D eigenvalue weighted by Gasteiger charge is -2.31. The van der Waals surface area contributed by atoms with Crippen LogP contribution < -0.4 is 10.1 Å². The average Bonchev–Trinajstić information content (AvgIpc) is 2.75. The van der Waals surface area contributed by atoms with Gasteiger partial charge in [0.05, 0.1) is 7.11 Å². The Morgan fingerprint density at radius 3 is 2.71 bits per heavy atom. The zero-order chi connectivity index (χ0) is 19.8. The molecule has 0 saturated carbocycles. The molecule has 0 radical (unpaired) electrons. The van der Waals surface area contributed by atoms with E-state index >= 15 is 0 Å². The molecule has 1 aliphatic heterocycles. The van der Waals surface area contributed by atoms with Crippen LogP contribution in [0.15, 0.2) is 48.5 Å². The predicted molar refractivity (Wildman–Crippen MR) is 119 cm³/mol. The van der Waals surface area contributed by atoms with Crippen LogP contribution in [-0.4, -0.2) is 49.6 Å². The van der Waals surface area contributed by atoms with Gasteiger partial charge < -0.3 is 15.0 Å². The maximum absolute atomic E-state index is 12.9. The minimum atomic E-state index is 0.0927. The van der Waals surface area contributed by atoms with E-state index in [0.717, 1.165) is 55.0 Å². The van der Waals surface area contributed by atoms with E-state index in [4.69, 9.17) is 4.74 Å². The van der Waals surface area contributed by atoms with Crippen molar-refractivity contribution in [3.63, 3.8) is 0 Å². The summed E-state index contributed by atoms with van der Waals surface area (Å²) in [5.41, 5.74) is 2.92. The van der Waals surface area contributed by atoms with Gasteiger partial charge in [0.25, 0.3) is 0 Å². The zero-order valence-electron chi connectivity index (χ0n) is 16.8. The highest BCUT2D eigenvalue weighted by atomic mass is 32.2. The summed E-state index contributed by atoms with van der Waals surface area (Å²) in [7, 11) is 1.67. The third-order valence-electron chi connectivity index (χ3n) is 5.35. The molecule has 28 heavy (non-hydrogen) atoms. The van der Waals surface area contributed by atoms with Crippen LogP contribution in [0.25, 0.3) is 11.1 Å². The minimum Gasteiger partial charge on any atom is -0.497 e. The number of piperidine rings is 1. The zero-order valence-corrected chi connectivity index (χ0v) is 17.6. The maximum Gasteiger partial charge on any atom is 0.227 e. The van der Waals surface area contributed by atoms with Crippen molar-refractivity contribution < 1.29 is 9.53 Å². The molecule has 1 aliphatic rings. The van der Waals surface area contributed by atoms with E-state index in [1.165, 1.54) is 12.2 Å². The van der Waals surface area contributed by atoms with Crippen molar-refractivity contribution in [3.8, 4) is 16.9 Å². The molecule has 4 nitrogen and oxygen atoms in total. The number of hydrogen-bond donors (Lipinski definition) is 1. The molecular formula is C23H30N2O2S. The van der Waals surface area contributed by atoms with Crippen molar-refractivity contribution in [3.05, 3.63) is 48.5 Å². The summed E-state index contributed by atoms with van der Waals surface area (Å²) in [6.07, 6.45) is 5.25. The van der Waals surface area contributed by atoms with Gasteiger partial charge in [-0.25, -0.2) is 0 Å². The second-order valence-corrected chi connectivity index (χ2v) is 8.21. The lowest BCUT2D eigenvalue weighted by Crippen LogP contribution is -2.38. The van der Waals surface area contributed by atoms with Gasteiger partial charge in [0.15, 0.2) is 0 Å². The molecular weight excluding hydrogens is 368 g/mol. The van der Waals surface area contributed by atoms with Gasteiger partial charge in [-0.15, -0.1) is 0 Å². The number of carbonyl (C=O) groups excluding carboxylic acids is 1. The van der Waals surface area contributed by atoms with E-state index in [0.29, 0.717) is 0 Å². The summed E-state index contributed by atoms with van der Waals surface area (Å²) in [6.45, 7) is 3.18. The lowest BCUT2D eigenvalue weighted by atomic mass is 9.95. The van der Waals surface area contributed by atoms with Crippen molar-refractivity contribution in [1.82, 2.24) is 4.90 Å². The van der Waals surface area contributed by atoms with Gasteiger partial charge in [-0.2, -0.15) is 11.8 Å². The van der Waals surface area contributed by atoms with Gasteiger partial charge in [0.1, 0.15) is 5.75 Å². The molecule has 5 heteroatoms. The second kappa shape index (κ2) is 10.5. The van der Waals surface area contributed by atoms with Crippen LogP contribution in [0.1, 0.15) is 19.3 Å². The van der Waals surface area contributed by atoms with Crippen molar-refractivity contribution in [2.45, 2.75) is 19.3 Å². The Kier molecular flexibility index (Phi) is 7.80. The summed E-state index contributed by atoms with van der Waals surface area (Å²) in [4.78, 5) is 15.4. The Balaban J connectivity index is 1.62. The average molecular weight is 399 g/mol. The molecule has 0 unspecified atom stereocenters. The summed E-state index contributed by atoms with van der Waals surface area (Å²) >= 11 is 1.90. The number of anilines is 1. The van der Waals surface area contributed by atoms with Crippen molar-refractivity contribution >= 4 is 23.4 Å². The number of ether oxygens (including phenoxy) is 1. The number of nitrogens with one attached hydrogen (secondary N) is 1. The molecule has 3 rings (SSSR count). The van der Waals surface area contributed by atoms with E-state index in [-0.39, 0.29) is 11.8 Å². The van der Waals surface area contributed by atoms with Gasteiger partial charge in [0.2, 0.25) is 5.91 Å². The minimum absolute atomic E-state index is 0.0927. The maximum atomic E-state index is 12.9. The molecule has 1 amide bonds. The number of thioether (sulfide) groups is 1. The molecule has 0 spiro atoms. The standard InChI is InChI=1S/C23H30N2O2S/c1-27-20-8-5-7-19(17-20)21-9-3-4-10-22(21)24-23(26)18-11-14-25(15-12-18)13-6-16-28-2/h3-5,7-10,17-18H,6,11-16H2,1-2H3,(H,24,26). The summed E-state index contributed by atoms with van der Waals surface area (Å²) in [6, 6.07) is 15.9. The van der Waals surface area contributed by atoms with E-state index < -0.39 is 0 Å². The number of carbonyl (C=O) groups is 1. The van der Waals surface area contributed by atoms with Gasteiger partial charge in [0, 0.05) is 17.2 Å². The Morgan fingerprint density at radius 2 is 1.96 bits per heavy atom. The number of likely N-dealkylation sites (tertiary alicyclic amines) is 1. The molecule has 1 saturated heterocycles. The van der Waals surface area contributed by atoms with Crippen LogP contribution in [0.4, 0.5) is 5.69 Å². The monoisotopic (exact) mass is 398 g/mol. The smallest absolute Gasteiger partial charge is 0.227 e. The number of rotatable bonds is 8. The fraction of sp³-hybridized carbons (Fsp3) is 0.435. The van der Waals surface area contributed by atoms with E-state index in [1.54, 1.807) is 7.11 Å². The Morgan fingerprint density at radius 1 is 1.18 bits per heavy atom. The van der Waals surface area contributed by atoms with Crippen LogP contribution in [0, 0.1) is 5.92 Å². The molecule has 2 aromatic rings. The second-order valence-electron chi connectivity index (χ2n) is 7.23. The molecule has 1 fully saturated rings. The number of benzene rings is 2. The van der Waals surface area contributed by atoms with Gasteiger partial charge >= 0.3 is 0 Å². The first-order valence-corrected chi connectivity index (χ1v) is 11.4. The molecule has 0 aromatic heterocycles. The third kappa shape index (κ3) is 5.52. The molecule has 1 N–H and O–H groups in total. The van der Waals surface area contributed by atoms with E-state index in [2.05, 4.69) is 16.5 Å². The van der Waals surface area contributed by atoms with Crippen molar-refractivity contribution in [2.24, 2.45) is 5.92 Å². The number of para-hydroxylation sites is 1. The summed E-state index contributed by atoms with van der Waals surface area (Å²) < 4.78 is 5.34. The molecule has 150 valence electrons. The normalized spacial score (nSPS) is 15.4. The fourth-order valence-corrected chi connectivity index (χ4v) is 4.14. The van der Waals surface area contributed by atoms with Crippen LogP contribution in [0.2, 0.25) is 0 Å². The first-order valence-electron chi connectivity index (χ1n) is 9.97. The van der Waals surface area contributed by atoms with Gasteiger partial charge in [-0.1, -0.05) is 30.3 Å². The fourth-order valence-electron chi connectivity index (χ4n) is 3.72. The SMILES string of the molecule is COc1cccc(-c2ccccc2NC(=O)C2CCN(CCCSC)CC2)c1.